The predicted octanol–water partition coefficient (Wildman–Crippen LogP) is 3.79. The third-order valence-electron chi connectivity index (χ3n) is 4.07. The molecule has 7 heteroatoms. The van der Waals surface area contributed by atoms with Crippen molar-refractivity contribution in [3.05, 3.63) is 76.6 Å². The van der Waals surface area contributed by atoms with Gasteiger partial charge >= 0.3 is 0 Å². The van der Waals surface area contributed by atoms with E-state index in [0.717, 1.165) is 11.3 Å². The van der Waals surface area contributed by atoms with Gasteiger partial charge in [-0.15, -0.1) is 0 Å². The van der Waals surface area contributed by atoms with Crippen molar-refractivity contribution in [2.45, 2.75) is 6.92 Å². The summed E-state index contributed by atoms with van der Waals surface area (Å²) in [5, 5.41) is 7.70. The van der Waals surface area contributed by atoms with E-state index in [1.165, 1.54) is 11.1 Å². The van der Waals surface area contributed by atoms with Crippen LogP contribution >= 0.6 is 11.6 Å². The molecule has 0 aliphatic heterocycles. The van der Waals surface area contributed by atoms with Crippen LogP contribution < -0.4 is 5.32 Å². The summed E-state index contributed by atoms with van der Waals surface area (Å²) in [5.74, 6) is -0.422. The summed E-state index contributed by atoms with van der Waals surface area (Å²) in [7, 11) is 3.37. The van der Waals surface area contributed by atoms with Crippen LogP contribution in [0.3, 0.4) is 0 Å². The number of benzene rings is 2. The van der Waals surface area contributed by atoms with Crippen molar-refractivity contribution < 1.29 is 9.59 Å². The largest absolute Gasteiger partial charge is 0.345 e. The molecule has 6 nitrogen and oxygen atoms in total. The van der Waals surface area contributed by atoms with Crippen molar-refractivity contribution in [2.75, 3.05) is 19.4 Å². The van der Waals surface area contributed by atoms with Gasteiger partial charge in [0.2, 0.25) is 0 Å². The van der Waals surface area contributed by atoms with Crippen LogP contribution in [0, 0.1) is 6.92 Å². The molecule has 0 aliphatic carbocycles. The fourth-order valence-corrected chi connectivity index (χ4v) is 2.64. The zero-order chi connectivity index (χ0) is 19.6. The van der Waals surface area contributed by atoms with Gasteiger partial charge in [-0.1, -0.05) is 17.7 Å². The molecular formula is C20H19ClN4O2. The Labute approximate surface area is 162 Å². The zero-order valence-corrected chi connectivity index (χ0v) is 16.0. The van der Waals surface area contributed by atoms with Gasteiger partial charge in [0.05, 0.1) is 17.4 Å². The summed E-state index contributed by atoms with van der Waals surface area (Å²) < 4.78 is 1.60. The molecule has 1 N–H and O–H groups in total. The SMILES string of the molecule is Cc1ccc(C(=O)N(C)C)cc1NC(=O)c1cnn(-c2ccc(Cl)cc2)c1. The van der Waals surface area contributed by atoms with E-state index in [9.17, 15) is 9.59 Å². The van der Waals surface area contributed by atoms with Gasteiger partial charge in [0.25, 0.3) is 11.8 Å². The highest BCUT2D eigenvalue weighted by atomic mass is 35.5. The number of carbonyl (C=O) groups is 2. The van der Waals surface area contributed by atoms with Crippen LogP contribution in [0.25, 0.3) is 5.69 Å². The Bertz CT molecular complexity index is 993. The number of carbonyl (C=O) groups excluding carboxylic acids is 2. The van der Waals surface area contributed by atoms with E-state index < -0.39 is 0 Å². The molecule has 0 atom stereocenters. The van der Waals surface area contributed by atoms with Crippen molar-refractivity contribution in [3.63, 3.8) is 0 Å². The summed E-state index contributed by atoms with van der Waals surface area (Å²) >= 11 is 5.89. The van der Waals surface area contributed by atoms with Crippen molar-refractivity contribution in [2.24, 2.45) is 0 Å². The molecule has 0 bridgehead atoms. The number of hydrogen-bond acceptors (Lipinski definition) is 3. The summed E-state index contributed by atoms with van der Waals surface area (Å²) in [6.45, 7) is 1.87. The fourth-order valence-electron chi connectivity index (χ4n) is 2.52. The molecule has 1 aromatic heterocycles. The molecule has 1 heterocycles. The monoisotopic (exact) mass is 382 g/mol. The molecule has 2 amide bonds. The lowest BCUT2D eigenvalue weighted by molar-refractivity contribution is 0.0827. The van der Waals surface area contributed by atoms with Gasteiger partial charge in [-0.25, -0.2) is 4.68 Å². The lowest BCUT2D eigenvalue weighted by Gasteiger charge is -2.13. The smallest absolute Gasteiger partial charge is 0.258 e. The van der Waals surface area contributed by atoms with Crippen molar-refractivity contribution in [1.82, 2.24) is 14.7 Å². The second kappa shape index (κ2) is 7.63. The first-order valence-electron chi connectivity index (χ1n) is 8.29. The summed E-state index contributed by atoms with van der Waals surface area (Å²) in [5.41, 5.74) is 3.18. The molecule has 2 aromatic carbocycles. The number of amides is 2. The Balaban J connectivity index is 1.81. The van der Waals surface area contributed by atoms with Gasteiger partial charge in [-0.05, 0) is 48.9 Å². The molecule has 0 saturated heterocycles. The molecule has 27 heavy (non-hydrogen) atoms. The third-order valence-corrected chi connectivity index (χ3v) is 4.33. The molecule has 0 radical (unpaired) electrons. The molecule has 3 rings (SSSR count). The van der Waals surface area contributed by atoms with E-state index in [4.69, 9.17) is 11.6 Å². The maximum Gasteiger partial charge on any atom is 0.258 e. The standard InChI is InChI=1S/C20H19ClN4O2/c1-13-4-5-14(20(27)24(2)3)10-18(13)23-19(26)15-11-22-25(12-15)17-8-6-16(21)7-9-17/h4-12H,1-3H3,(H,23,26). The number of aryl methyl sites for hydroxylation is 1. The van der Waals surface area contributed by atoms with E-state index in [1.54, 1.807) is 49.2 Å². The third kappa shape index (κ3) is 4.17. The van der Waals surface area contributed by atoms with Crippen LogP contribution in [0.5, 0.6) is 0 Å². The highest BCUT2D eigenvalue weighted by molar-refractivity contribution is 6.30. The minimum atomic E-state index is -0.298. The molecule has 0 aliphatic rings. The molecule has 0 fully saturated rings. The topological polar surface area (TPSA) is 67.2 Å². The number of hydrogen-bond donors (Lipinski definition) is 1. The second-order valence-corrected chi connectivity index (χ2v) is 6.77. The average molecular weight is 383 g/mol. The maximum atomic E-state index is 12.6. The molecule has 0 saturated carbocycles. The van der Waals surface area contributed by atoms with Crippen molar-refractivity contribution in [3.8, 4) is 5.69 Å². The number of aromatic nitrogens is 2. The van der Waals surface area contributed by atoms with Crippen molar-refractivity contribution >= 4 is 29.1 Å². The molecule has 138 valence electrons. The maximum absolute atomic E-state index is 12.6. The molecular weight excluding hydrogens is 364 g/mol. The first-order chi connectivity index (χ1) is 12.8. The Morgan fingerprint density at radius 3 is 2.44 bits per heavy atom. The minimum absolute atomic E-state index is 0.124. The van der Waals surface area contributed by atoms with Crippen LogP contribution in [-0.2, 0) is 0 Å². The summed E-state index contributed by atoms with van der Waals surface area (Å²) in [6.07, 6.45) is 3.14. The second-order valence-electron chi connectivity index (χ2n) is 6.33. The first-order valence-corrected chi connectivity index (χ1v) is 8.67. The van der Waals surface area contributed by atoms with Gasteiger partial charge in [0.1, 0.15) is 0 Å². The zero-order valence-electron chi connectivity index (χ0n) is 15.2. The lowest BCUT2D eigenvalue weighted by atomic mass is 10.1. The minimum Gasteiger partial charge on any atom is -0.345 e. The van der Waals surface area contributed by atoms with Gasteiger partial charge in [0.15, 0.2) is 0 Å². The number of rotatable bonds is 4. The van der Waals surface area contributed by atoms with Crippen molar-refractivity contribution in [1.29, 1.82) is 0 Å². The van der Waals surface area contributed by atoms with Crippen LogP contribution in [0.2, 0.25) is 5.02 Å². The normalized spacial score (nSPS) is 10.5. The fraction of sp³-hybridized carbons (Fsp3) is 0.150. The number of halogens is 1. The van der Waals surface area contributed by atoms with E-state index in [1.807, 2.05) is 25.1 Å². The summed E-state index contributed by atoms with van der Waals surface area (Å²) in [4.78, 5) is 26.2. The van der Waals surface area contributed by atoms with E-state index in [-0.39, 0.29) is 11.8 Å². The first kappa shape index (κ1) is 18.7. The molecule has 0 unspecified atom stereocenters. The quantitative estimate of drug-likeness (QED) is 0.746. The van der Waals surface area contributed by atoms with Gasteiger partial charge in [0, 0.05) is 36.6 Å². The van der Waals surface area contributed by atoms with E-state index >= 15 is 0 Å². The van der Waals surface area contributed by atoms with Gasteiger partial charge < -0.3 is 10.2 Å². The van der Waals surface area contributed by atoms with Crippen LogP contribution in [0.15, 0.2) is 54.9 Å². The molecule has 3 aromatic rings. The lowest BCUT2D eigenvalue weighted by Crippen LogP contribution is -2.22. The summed E-state index contributed by atoms with van der Waals surface area (Å²) in [6, 6.07) is 12.4. The number of nitrogens with one attached hydrogen (secondary N) is 1. The average Bonchev–Trinajstić information content (AvgIpc) is 3.13. The highest BCUT2D eigenvalue weighted by Gasteiger charge is 2.14. The van der Waals surface area contributed by atoms with E-state index in [0.29, 0.717) is 21.8 Å². The van der Waals surface area contributed by atoms with Crippen LogP contribution in [0.4, 0.5) is 5.69 Å². The Morgan fingerprint density at radius 1 is 1.07 bits per heavy atom. The number of anilines is 1. The van der Waals surface area contributed by atoms with Gasteiger partial charge in [-0.2, -0.15) is 5.10 Å². The highest BCUT2D eigenvalue weighted by Crippen LogP contribution is 2.19. The van der Waals surface area contributed by atoms with Crippen LogP contribution in [0.1, 0.15) is 26.3 Å². The van der Waals surface area contributed by atoms with Gasteiger partial charge in [-0.3, -0.25) is 9.59 Å². The van der Waals surface area contributed by atoms with E-state index in [2.05, 4.69) is 10.4 Å². The predicted molar refractivity (Wildman–Crippen MR) is 106 cm³/mol. The molecule has 0 spiro atoms. The Morgan fingerprint density at radius 2 is 1.78 bits per heavy atom. The Kier molecular flexibility index (Phi) is 5.28. The van der Waals surface area contributed by atoms with Crippen LogP contribution in [-0.4, -0.2) is 40.6 Å². The number of nitrogens with zero attached hydrogens (tertiary/aromatic N) is 3. The Hall–Kier alpha value is -3.12.